The average molecular weight is 213 g/mol. The van der Waals surface area contributed by atoms with E-state index in [1.165, 1.54) is 0 Å². The molecule has 2 fully saturated rings. The zero-order valence-corrected chi connectivity index (χ0v) is 9.04. The molecule has 0 spiro atoms. The summed E-state index contributed by atoms with van der Waals surface area (Å²) in [7, 11) is 0. The molecular weight excluding hydrogens is 194 g/mol. The van der Waals surface area contributed by atoms with Crippen molar-refractivity contribution >= 4 is 5.97 Å². The summed E-state index contributed by atoms with van der Waals surface area (Å²) in [6, 6.07) is -0.0511. The van der Waals surface area contributed by atoms with Gasteiger partial charge >= 0.3 is 5.97 Å². The van der Waals surface area contributed by atoms with Crippen molar-refractivity contribution in [3.05, 3.63) is 0 Å². The van der Waals surface area contributed by atoms with Crippen LogP contribution in [-0.4, -0.2) is 38.4 Å². The van der Waals surface area contributed by atoms with Crippen molar-refractivity contribution in [2.24, 2.45) is 5.92 Å². The smallest absolute Gasteiger partial charge is 0.323 e. The maximum Gasteiger partial charge on any atom is 0.323 e. The van der Waals surface area contributed by atoms with Crippen molar-refractivity contribution in [1.29, 1.82) is 0 Å². The van der Waals surface area contributed by atoms with Crippen LogP contribution >= 0.6 is 0 Å². The number of hydrogen-bond acceptors (Lipinski definition) is 4. The lowest BCUT2D eigenvalue weighted by Crippen LogP contribution is -2.34. The number of rotatable bonds is 3. The second kappa shape index (κ2) is 5.47. The van der Waals surface area contributed by atoms with Gasteiger partial charge in [0.1, 0.15) is 6.04 Å². The highest BCUT2D eigenvalue weighted by Crippen LogP contribution is 2.15. The van der Waals surface area contributed by atoms with Crippen LogP contribution in [0, 0.1) is 5.92 Å². The molecule has 2 heterocycles. The molecule has 2 rings (SSSR count). The Bertz CT molecular complexity index is 208. The van der Waals surface area contributed by atoms with Crippen LogP contribution in [0.25, 0.3) is 0 Å². The van der Waals surface area contributed by atoms with Gasteiger partial charge in [0.25, 0.3) is 0 Å². The van der Waals surface area contributed by atoms with Crippen molar-refractivity contribution in [2.45, 2.75) is 31.7 Å². The fourth-order valence-corrected chi connectivity index (χ4v) is 2.10. The largest absolute Gasteiger partial charge is 0.464 e. The van der Waals surface area contributed by atoms with E-state index >= 15 is 0 Å². The average Bonchev–Trinajstić information content (AvgIpc) is 2.81. The van der Waals surface area contributed by atoms with E-state index in [0.717, 1.165) is 45.4 Å². The van der Waals surface area contributed by atoms with E-state index < -0.39 is 0 Å². The molecule has 0 bridgehead atoms. The van der Waals surface area contributed by atoms with Gasteiger partial charge in [0.15, 0.2) is 0 Å². The second-order valence-corrected chi connectivity index (χ2v) is 4.33. The van der Waals surface area contributed by atoms with E-state index in [0.29, 0.717) is 12.5 Å². The summed E-state index contributed by atoms with van der Waals surface area (Å²) < 4.78 is 10.6. The molecule has 0 aliphatic carbocycles. The van der Waals surface area contributed by atoms with Gasteiger partial charge in [-0.2, -0.15) is 0 Å². The van der Waals surface area contributed by atoms with Crippen molar-refractivity contribution in [1.82, 2.24) is 5.32 Å². The first-order valence-electron chi connectivity index (χ1n) is 5.84. The minimum absolute atomic E-state index is 0.0511. The number of ether oxygens (including phenoxy) is 2. The summed E-state index contributed by atoms with van der Waals surface area (Å²) in [5.41, 5.74) is 0. The molecule has 0 aromatic carbocycles. The predicted octanol–water partition coefficient (Wildman–Crippen LogP) is 0.708. The molecule has 4 heteroatoms. The van der Waals surface area contributed by atoms with Gasteiger partial charge in [-0.3, -0.25) is 4.79 Å². The molecule has 0 aromatic rings. The minimum atomic E-state index is -0.0704. The van der Waals surface area contributed by atoms with Crippen LogP contribution < -0.4 is 5.32 Å². The molecule has 2 aliphatic rings. The highest BCUT2D eigenvalue weighted by molar-refractivity contribution is 5.76. The molecule has 15 heavy (non-hydrogen) atoms. The Morgan fingerprint density at radius 1 is 1.33 bits per heavy atom. The van der Waals surface area contributed by atoms with Crippen molar-refractivity contribution < 1.29 is 14.3 Å². The van der Waals surface area contributed by atoms with E-state index in [1.54, 1.807) is 0 Å². The van der Waals surface area contributed by atoms with Crippen molar-refractivity contribution in [2.75, 3.05) is 26.4 Å². The van der Waals surface area contributed by atoms with Crippen LogP contribution in [0.3, 0.4) is 0 Å². The summed E-state index contributed by atoms with van der Waals surface area (Å²) in [5, 5.41) is 3.14. The lowest BCUT2D eigenvalue weighted by Gasteiger charge is -2.22. The molecule has 1 atom stereocenters. The Kier molecular flexibility index (Phi) is 3.97. The monoisotopic (exact) mass is 213 g/mol. The molecule has 2 saturated heterocycles. The maximum atomic E-state index is 11.6. The molecular formula is C11H19NO3. The lowest BCUT2D eigenvalue weighted by molar-refractivity contribution is -0.148. The quantitative estimate of drug-likeness (QED) is 0.701. The Balaban J connectivity index is 1.65. The molecule has 0 amide bonds. The van der Waals surface area contributed by atoms with Gasteiger partial charge in [0.05, 0.1) is 6.61 Å². The standard InChI is InChI=1S/C11H19NO3/c13-11(10-2-1-5-12-10)15-8-9-3-6-14-7-4-9/h9-10,12H,1-8H2/t10-/m1/s1. The molecule has 2 aliphatic heterocycles. The van der Waals surface area contributed by atoms with E-state index in [2.05, 4.69) is 5.32 Å². The zero-order chi connectivity index (χ0) is 10.5. The molecule has 0 unspecified atom stereocenters. The first-order chi connectivity index (χ1) is 7.36. The Labute approximate surface area is 90.3 Å². The van der Waals surface area contributed by atoms with Crippen LogP contribution in [0.2, 0.25) is 0 Å². The van der Waals surface area contributed by atoms with Crippen LogP contribution in [-0.2, 0) is 14.3 Å². The van der Waals surface area contributed by atoms with Gasteiger partial charge in [0, 0.05) is 13.2 Å². The van der Waals surface area contributed by atoms with E-state index in [1.807, 2.05) is 0 Å². The van der Waals surface area contributed by atoms with Gasteiger partial charge < -0.3 is 14.8 Å². The number of carbonyl (C=O) groups excluding carboxylic acids is 1. The lowest BCUT2D eigenvalue weighted by atomic mass is 10.0. The third kappa shape index (κ3) is 3.18. The van der Waals surface area contributed by atoms with Crippen LogP contribution in [0.5, 0.6) is 0 Å². The summed E-state index contributed by atoms with van der Waals surface area (Å²) in [6.07, 6.45) is 4.04. The number of esters is 1. The molecule has 1 N–H and O–H groups in total. The second-order valence-electron chi connectivity index (χ2n) is 4.33. The fraction of sp³-hybridized carbons (Fsp3) is 0.909. The molecule has 86 valence electrons. The summed E-state index contributed by atoms with van der Waals surface area (Å²) >= 11 is 0. The minimum Gasteiger partial charge on any atom is -0.464 e. The molecule has 4 nitrogen and oxygen atoms in total. The molecule has 0 saturated carbocycles. The van der Waals surface area contributed by atoms with E-state index in [-0.39, 0.29) is 12.0 Å². The maximum absolute atomic E-state index is 11.6. The van der Waals surface area contributed by atoms with Crippen LogP contribution in [0.1, 0.15) is 25.7 Å². The Hall–Kier alpha value is -0.610. The highest BCUT2D eigenvalue weighted by Gasteiger charge is 2.24. The Morgan fingerprint density at radius 2 is 2.13 bits per heavy atom. The summed E-state index contributed by atoms with van der Waals surface area (Å²) in [5.74, 6) is 0.433. The molecule has 0 aromatic heterocycles. The van der Waals surface area contributed by atoms with Gasteiger partial charge in [-0.15, -0.1) is 0 Å². The van der Waals surface area contributed by atoms with Gasteiger partial charge in [-0.25, -0.2) is 0 Å². The summed E-state index contributed by atoms with van der Waals surface area (Å²) in [6.45, 7) is 3.13. The van der Waals surface area contributed by atoms with Crippen molar-refractivity contribution in [3.63, 3.8) is 0 Å². The third-order valence-electron chi connectivity index (χ3n) is 3.15. The number of hydrogen-bond donors (Lipinski definition) is 1. The topological polar surface area (TPSA) is 47.6 Å². The van der Waals surface area contributed by atoms with Crippen LogP contribution in [0.4, 0.5) is 0 Å². The highest BCUT2D eigenvalue weighted by atomic mass is 16.5. The third-order valence-corrected chi connectivity index (χ3v) is 3.15. The first kappa shape index (κ1) is 10.9. The van der Waals surface area contributed by atoms with Crippen molar-refractivity contribution in [3.8, 4) is 0 Å². The SMILES string of the molecule is O=C(OCC1CCOCC1)[C@H]1CCCN1. The summed E-state index contributed by atoms with van der Waals surface area (Å²) in [4.78, 5) is 11.6. The Morgan fingerprint density at radius 3 is 2.80 bits per heavy atom. The van der Waals surface area contributed by atoms with Gasteiger partial charge in [0.2, 0.25) is 0 Å². The zero-order valence-electron chi connectivity index (χ0n) is 9.04. The van der Waals surface area contributed by atoms with Crippen LogP contribution in [0.15, 0.2) is 0 Å². The normalized spacial score (nSPS) is 27.9. The fourth-order valence-electron chi connectivity index (χ4n) is 2.10. The van der Waals surface area contributed by atoms with Gasteiger partial charge in [-0.1, -0.05) is 0 Å². The number of carbonyl (C=O) groups is 1. The van der Waals surface area contributed by atoms with Gasteiger partial charge in [-0.05, 0) is 38.1 Å². The van der Waals surface area contributed by atoms with E-state index in [4.69, 9.17) is 9.47 Å². The molecule has 0 radical (unpaired) electrons. The predicted molar refractivity (Wildman–Crippen MR) is 55.5 cm³/mol. The number of nitrogens with one attached hydrogen (secondary N) is 1. The van der Waals surface area contributed by atoms with E-state index in [9.17, 15) is 4.79 Å². The first-order valence-corrected chi connectivity index (χ1v) is 5.84.